The number of nitrogens with one attached hydrogen (secondary N) is 1. The Kier molecular flexibility index (Phi) is 4.63. The van der Waals surface area contributed by atoms with E-state index in [1.54, 1.807) is 23.9 Å². The van der Waals surface area contributed by atoms with Gasteiger partial charge in [-0.2, -0.15) is 0 Å². The van der Waals surface area contributed by atoms with Gasteiger partial charge < -0.3 is 4.84 Å². The van der Waals surface area contributed by atoms with Crippen molar-refractivity contribution in [1.29, 1.82) is 0 Å². The Balaban J connectivity index is 2.78. The lowest BCUT2D eigenvalue weighted by Crippen LogP contribution is -2.27. The fourth-order valence-electron chi connectivity index (χ4n) is 1.06. The molecule has 0 saturated heterocycles. The first-order valence-electron chi connectivity index (χ1n) is 5.29. The van der Waals surface area contributed by atoms with Crippen LogP contribution in [0.3, 0.4) is 0 Å². The van der Waals surface area contributed by atoms with E-state index in [0.29, 0.717) is 5.57 Å². The fraction of sp³-hybridized carbons (Fsp3) is 0.250. The van der Waals surface area contributed by atoms with Crippen LogP contribution in [0.2, 0.25) is 0 Å². The maximum Gasteiger partial charge on any atom is 0.353 e. The molecule has 98 valence electrons. The lowest BCUT2D eigenvalue weighted by Gasteiger charge is -2.07. The van der Waals surface area contributed by atoms with Gasteiger partial charge in [0, 0.05) is 5.57 Å². The molecule has 18 heavy (non-hydrogen) atoms. The molecule has 1 rings (SSSR count). The average molecular weight is 269 g/mol. The number of hydrogen-bond donors (Lipinski definition) is 1. The third-order valence-electron chi connectivity index (χ3n) is 2.33. The molecule has 0 amide bonds. The van der Waals surface area contributed by atoms with Crippen molar-refractivity contribution in [2.45, 2.75) is 25.7 Å². The highest BCUT2D eigenvalue weighted by Gasteiger charge is 2.16. The van der Waals surface area contributed by atoms with Crippen LogP contribution in [0, 0.1) is 6.92 Å². The van der Waals surface area contributed by atoms with E-state index in [2.05, 4.69) is 4.84 Å². The first-order chi connectivity index (χ1) is 8.36. The summed E-state index contributed by atoms with van der Waals surface area (Å²) in [5.74, 6) is -0.729. The number of benzene rings is 1. The van der Waals surface area contributed by atoms with Gasteiger partial charge in [0.1, 0.15) is 0 Å². The summed E-state index contributed by atoms with van der Waals surface area (Å²) in [7, 11) is -3.83. The Bertz CT molecular complexity index is 558. The van der Waals surface area contributed by atoms with Crippen LogP contribution in [-0.4, -0.2) is 14.4 Å². The number of rotatable bonds is 4. The molecule has 1 aromatic rings. The molecule has 0 aliphatic rings. The van der Waals surface area contributed by atoms with Crippen molar-refractivity contribution in [2.75, 3.05) is 0 Å². The van der Waals surface area contributed by atoms with E-state index in [-0.39, 0.29) is 4.90 Å². The van der Waals surface area contributed by atoms with Gasteiger partial charge in [0.15, 0.2) is 0 Å². The van der Waals surface area contributed by atoms with Gasteiger partial charge in [-0.15, -0.1) is 0 Å². The highest BCUT2D eigenvalue weighted by atomic mass is 32.2. The molecule has 0 unspecified atom stereocenters. The van der Waals surface area contributed by atoms with E-state index in [4.69, 9.17) is 0 Å². The molecule has 1 N–H and O–H groups in total. The van der Waals surface area contributed by atoms with Gasteiger partial charge in [-0.25, -0.2) is 13.2 Å². The van der Waals surface area contributed by atoms with E-state index in [0.717, 1.165) is 5.56 Å². The molecule has 0 aromatic heterocycles. The van der Waals surface area contributed by atoms with E-state index in [1.807, 2.05) is 6.92 Å². The molecule has 0 fully saturated rings. The van der Waals surface area contributed by atoms with E-state index in [1.165, 1.54) is 25.1 Å². The maximum absolute atomic E-state index is 11.8. The lowest BCUT2D eigenvalue weighted by atomic mass is 10.2. The number of allylic oxidation sites excluding steroid dienone is 1. The zero-order valence-electron chi connectivity index (χ0n) is 10.4. The van der Waals surface area contributed by atoms with Crippen molar-refractivity contribution in [3.05, 3.63) is 41.5 Å². The predicted molar refractivity (Wildman–Crippen MR) is 67.0 cm³/mol. The van der Waals surface area contributed by atoms with Crippen LogP contribution in [-0.2, 0) is 19.7 Å². The monoisotopic (exact) mass is 269 g/mol. The predicted octanol–water partition coefficient (Wildman–Crippen LogP) is 1.70. The first kappa shape index (κ1) is 14.4. The summed E-state index contributed by atoms with van der Waals surface area (Å²) >= 11 is 0. The molecule has 0 aliphatic carbocycles. The zero-order chi connectivity index (χ0) is 13.8. The molecule has 0 spiro atoms. The molecule has 5 nitrogen and oxygen atoms in total. The van der Waals surface area contributed by atoms with Crippen molar-refractivity contribution < 1.29 is 18.0 Å². The van der Waals surface area contributed by atoms with Gasteiger partial charge in [0.25, 0.3) is 10.0 Å². The minimum absolute atomic E-state index is 0.0408. The molecule has 0 heterocycles. The SMILES string of the molecule is CC=C(C)C(=O)ONS(=O)(=O)c1ccc(C)cc1. The molecule has 0 bridgehead atoms. The number of aryl methyl sites for hydroxylation is 1. The van der Waals surface area contributed by atoms with Crippen molar-refractivity contribution in [3.8, 4) is 0 Å². The second kappa shape index (κ2) is 5.79. The van der Waals surface area contributed by atoms with E-state index in [9.17, 15) is 13.2 Å². The summed E-state index contributed by atoms with van der Waals surface area (Å²) in [5, 5.41) is 0. The normalized spacial score (nSPS) is 12.3. The van der Waals surface area contributed by atoms with Gasteiger partial charge in [0.2, 0.25) is 0 Å². The third-order valence-corrected chi connectivity index (χ3v) is 3.53. The second-order valence-corrected chi connectivity index (χ2v) is 5.41. The second-order valence-electron chi connectivity index (χ2n) is 3.76. The Hall–Kier alpha value is -1.66. The number of carbonyl (C=O) groups excluding carboxylic acids is 1. The van der Waals surface area contributed by atoms with Gasteiger partial charge in [-0.05, 0) is 37.8 Å². The van der Waals surface area contributed by atoms with Crippen LogP contribution in [0.5, 0.6) is 0 Å². The van der Waals surface area contributed by atoms with E-state index >= 15 is 0 Å². The molecular weight excluding hydrogens is 254 g/mol. The Labute approximate surface area is 106 Å². The van der Waals surface area contributed by atoms with Crippen molar-refractivity contribution >= 4 is 16.0 Å². The largest absolute Gasteiger partial charge is 0.353 e. The molecule has 0 atom stereocenters. The molecule has 0 radical (unpaired) electrons. The van der Waals surface area contributed by atoms with Gasteiger partial charge >= 0.3 is 5.97 Å². The van der Waals surface area contributed by atoms with Gasteiger partial charge in [-0.1, -0.05) is 23.8 Å². The standard InChI is InChI=1S/C12H15NO4S/c1-4-10(3)12(14)17-13-18(15,16)11-7-5-9(2)6-8-11/h4-8,13H,1-3H3. The fourth-order valence-corrected chi connectivity index (χ4v) is 1.83. The third kappa shape index (κ3) is 3.68. The van der Waals surface area contributed by atoms with Crippen molar-refractivity contribution in [2.24, 2.45) is 0 Å². The highest BCUT2D eigenvalue weighted by Crippen LogP contribution is 2.10. The highest BCUT2D eigenvalue weighted by molar-refractivity contribution is 7.89. The van der Waals surface area contributed by atoms with Crippen molar-refractivity contribution in [3.63, 3.8) is 0 Å². The average Bonchev–Trinajstić information content (AvgIpc) is 2.35. The lowest BCUT2D eigenvalue weighted by molar-refractivity contribution is -0.142. The smallest absolute Gasteiger partial charge is 0.351 e. The Morgan fingerprint density at radius 3 is 2.33 bits per heavy atom. The summed E-state index contributed by atoms with van der Waals surface area (Å²) < 4.78 is 23.5. The van der Waals surface area contributed by atoms with Crippen LogP contribution in [0.15, 0.2) is 40.8 Å². The van der Waals surface area contributed by atoms with Crippen LogP contribution in [0.4, 0.5) is 0 Å². The summed E-state index contributed by atoms with van der Waals surface area (Å²) in [5.41, 5.74) is 1.26. The first-order valence-corrected chi connectivity index (χ1v) is 6.77. The molecule has 1 aromatic carbocycles. The van der Waals surface area contributed by atoms with Gasteiger partial charge in [-0.3, -0.25) is 0 Å². The summed E-state index contributed by atoms with van der Waals surface area (Å²) in [6, 6.07) is 6.20. The summed E-state index contributed by atoms with van der Waals surface area (Å²) in [6.45, 7) is 5.03. The van der Waals surface area contributed by atoms with Crippen molar-refractivity contribution in [1.82, 2.24) is 4.89 Å². The zero-order valence-corrected chi connectivity index (χ0v) is 11.2. The van der Waals surface area contributed by atoms with Crippen LogP contribution < -0.4 is 4.89 Å². The quantitative estimate of drug-likeness (QED) is 0.667. The van der Waals surface area contributed by atoms with Crippen LogP contribution in [0.25, 0.3) is 0 Å². The Morgan fingerprint density at radius 2 is 1.83 bits per heavy atom. The molecule has 6 heteroatoms. The minimum Gasteiger partial charge on any atom is -0.351 e. The maximum atomic E-state index is 11.8. The van der Waals surface area contributed by atoms with Crippen LogP contribution in [0.1, 0.15) is 19.4 Å². The molecular formula is C12H15NO4S. The summed E-state index contributed by atoms with van der Waals surface area (Å²) in [4.78, 5) is 17.6. The number of sulfonamides is 1. The number of hydrogen-bond acceptors (Lipinski definition) is 4. The minimum atomic E-state index is -3.83. The number of carbonyl (C=O) groups is 1. The molecule has 0 aliphatic heterocycles. The van der Waals surface area contributed by atoms with E-state index < -0.39 is 16.0 Å². The Morgan fingerprint density at radius 1 is 1.28 bits per heavy atom. The molecule has 0 saturated carbocycles. The van der Waals surface area contributed by atoms with Gasteiger partial charge in [0.05, 0.1) is 4.90 Å². The summed E-state index contributed by atoms with van der Waals surface area (Å²) in [6.07, 6.45) is 1.53. The van der Waals surface area contributed by atoms with Crippen LogP contribution >= 0.6 is 0 Å². The topological polar surface area (TPSA) is 72.5 Å².